The molecule has 0 saturated carbocycles. The molecule has 2 rings (SSSR count). The third-order valence-corrected chi connectivity index (χ3v) is 3.04. The third-order valence-electron chi connectivity index (χ3n) is 3.04. The smallest absolute Gasteiger partial charge is 0.156 e. The molecular weight excluding hydrogens is 246 g/mol. The molecule has 2 N–H and O–H groups in total. The second-order valence-corrected chi connectivity index (χ2v) is 4.64. The van der Waals surface area contributed by atoms with Crippen LogP contribution in [0, 0.1) is 5.92 Å². The predicted molar refractivity (Wildman–Crippen MR) is 86.1 cm³/mol. The van der Waals surface area contributed by atoms with E-state index in [4.69, 9.17) is 5.73 Å². The van der Waals surface area contributed by atoms with Crippen LogP contribution in [-0.2, 0) is 0 Å². The summed E-state index contributed by atoms with van der Waals surface area (Å²) >= 11 is 0. The molecule has 1 aromatic rings. The first-order chi connectivity index (χ1) is 9.70. The molecule has 1 aliphatic carbocycles. The van der Waals surface area contributed by atoms with E-state index in [1.807, 2.05) is 48.6 Å². The minimum absolute atomic E-state index is 0.414. The van der Waals surface area contributed by atoms with E-state index in [0.29, 0.717) is 17.6 Å². The Kier molecular flexibility index (Phi) is 4.66. The molecule has 102 valence electrons. The van der Waals surface area contributed by atoms with E-state index < -0.39 is 0 Å². The van der Waals surface area contributed by atoms with E-state index >= 15 is 0 Å². The van der Waals surface area contributed by atoms with Crippen molar-refractivity contribution in [3.8, 4) is 0 Å². The van der Waals surface area contributed by atoms with Gasteiger partial charge in [0.15, 0.2) is 5.84 Å². The zero-order valence-corrected chi connectivity index (χ0v) is 11.8. The average molecular weight is 265 g/mol. The highest BCUT2D eigenvalue weighted by atomic mass is 15.0. The zero-order chi connectivity index (χ0) is 14.4. The molecule has 0 radical (unpaired) electrons. The van der Waals surface area contributed by atoms with Gasteiger partial charge in [0, 0.05) is 18.2 Å². The van der Waals surface area contributed by atoms with Gasteiger partial charge in [-0.3, -0.25) is 4.99 Å². The molecule has 0 heterocycles. The van der Waals surface area contributed by atoms with Crippen LogP contribution in [0.1, 0.15) is 12.5 Å². The highest BCUT2D eigenvalue weighted by Crippen LogP contribution is 2.12. The van der Waals surface area contributed by atoms with Crippen molar-refractivity contribution in [2.45, 2.75) is 6.92 Å². The Hall–Kier alpha value is -2.42. The molecule has 1 aromatic carbocycles. The summed E-state index contributed by atoms with van der Waals surface area (Å²) in [6, 6.07) is 9.70. The Balaban J connectivity index is 2.29. The van der Waals surface area contributed by atoms with Gasteiger partial charge in [-0.25, -0.2) is 4.99 Å². The van der Waals surface area contributed by atoms with Crippen molar-refractivity contribution in [1.82, 2.24) is 0 Å². The Bertz CT molecular complexity index is 604. The molecule has 1 atom stereocenters. The molecule has 3 nitrogen and oxygen atoms in total. The summed E-state index contributed by atoms with van der Waals surface area (Å²) < 4.78 is 0. The van der Waals surface area contributed by atoms with Crippen LogP contribution >= 0.6 is 0 Å². The SMILES string of the molecule is CN=C(N=C(N)c1ccccc1)C1=CC=CC(C)C=C1. The Labute approximate surface area is 120 Å². The van der Waals surface area contributed by atoms with Gasteiger partial charge in [-0.1, -0.05) is 67.6 Å². The quantitative estimate of drug-likeness (QED) is 0.648. The van der Waals surface area contributed by atoms with E-state index in [1.54, 1.807) is 7.05 Å². The first-order valence-corrected chi connectivity index (χ1v) is 6.64. The largest absolute Gasteiger partial charge is 0.383 e. The van der Waals surface area contributed by atoms with Gasteiger partial charge in [0.25, 0.3) is 0 Å². The average Bonchev–Trinajstić information content (AvgIpc) is 2.70. The van der Waals surface area contributed by atoms with E-state index in [1.165, 1.54) is 0 Å². The predicted octanol–water partition coefficient (Wildman–Crippen LogP) is 3.11. The van der Waals surface area contributed by atoms with Crippen molar-refractivity contribution < 1.29 is 0 Å². The number of nitrogens with two attached hydrogens (primary N) is 1. The number of nitrogens with zero attached hydrogens (tertiary/aromatic N) is 2. The van der Waals surface area contributed by atoms with Gasteiger partial charge in [0.05, 0.1) is 0 Å². The molecule has 0 fully saturated rings. The van der Waals surface area contributed by atoms with Crippen molar-refractivity contribution in [3.63, 3.8) is 0 Å². The molecule has 1 unspecified atom stereocenters. The number of amidine groups is 2. The van der Waals surface area contributed by atoms with Crippen LogP contribution in [-0.4, -0.2) is 18.7 Å². The van der Waals surface area contributed by atoms with Crippen molar-refractivity contribution in [1.29, 1.82) is 0 Å². The zero-order valence-electron chi connectivity index (χ0n) is 11.8. The van der Waals surface area contributed by atoms with Gasteiger partial charge in [-0.15, -0.1) is 0 Å². The Morgan fingerprint density at radius 3 is 2.60 bits per heavy atom. The van der Waals surface area contributed by atoms with Gasteiger partial charge >= 0.3 is 0 Å². The van der Waals surface area contributed by atoms with Crippen LogP contribution < -0.4 is 5.73 Å². The third kappa shape index (κ3) is 3.54. The molecule has 0 spiro atoms. The van der Waals surface area contributed by atoms with Crippen LogP contribution in [0.4, 0.5) is 0 Å². The van der Waals surface area contributed by atoms with Crippen LogP contribution in [0.15, 0.2) is 76.3 Å². The molecule has 1 aliphatic rings. The normalized spacial score (nSPS) is 19.7. The summed E-state index contributed by atoms with van der Waals surface area (Å²) in [6.07, 6.45) is 10.3. The number of allylic oxidation sites excluding steroid dienone is 4. The number of aliphatic imine (C=N–C) groups is 2. The fourth-order valence-corrected chi connectivity index (χ4v) is 1.89. The molecule has 0 bridgehead atoms. The van der Waals surface area contributed by atoms with Crippen molar-refractivity contribution in [3.05, 3.63) is 71.8 Å². The van der Waals surface area contributed by atoms with Crippen molar-refractivity contribution in [2.75, 3.05) is 7.05 Å². The number of benzene rings is 1. The minimum atomic E-state index is 0.414. The van der Waals surface area contributed by atoms with Gasteiger partial charge in [-0.05, 0) is 5.92 Å². The summed E-state index contributed by atoms with van der Waals surface area (Å²) in [4.78, 5) is 8.69. The molecule has 0 aliphatic heterocycles. The minimum Gasteiger partial charge on any atom is -0.383 e. The topological polar surface area (TPSA) is 50.7 Å². The lowest BCUT2D eigenvalue weighted by Crippen LogP contribution is -2.16. The highest BCUT2D eigenvalue weighted by Gasteiger charge is 2.06. The number of hydrogen-bond donors (Lipinski definition) is 1. The molecule has 0 saturated heterocycles. The monoisotopic (exact) mass is 265 g/mol. The van der Waals surface area contributed by atoms with Gasteiger partial charge < -0.3 is 5.73 Å². The van der Waals surface area contributed by atoms with Crippen LogP contribution in [0.2, 0.25) is 0 Å². The van der Waals surface area contributed by atoms with Crippen LogP contribution in [0.3, 0.4) is 0 Å². The fraction of sp³-hybridized carbons (Fsp3) is 0.176. The first-order valence-electron chi connectivity index (χ1n) is 6.64. The molecule has 20 heavy (non-hydrogen) atoms. The highest BCUT2D eigenvalue weighted by molar-refractivity contribution is 6.11. The van der Waals surface area contributed by atoms with Crippen molar-refractivity contribution >= 4 is 11.7 Å². The maximum absolute atomic E-state index is 6.04. The van der Waals surface area contributed by atoms with Gasteiger partial charge in [-0.2, -0.15) is 0 Å². The summed E-state index contributed by atoms with van der Waals surface area (Å²) in [5, 5.41) is 0. The maximum atomic E-state index is 6.04. The summed E-state index contributed by atoms with van der Waals surface area (Å²) in [6.45, 7) is 2.13. The van der Waals surface area contributed by atoms with Crippen LogP contribution in [0.25, 0.3) is 0 Å². The fourth-order valence-electron chi connectivity index (χ4n) is 1.89. The molecule has 0 amide bonds. The number of rotatable bonds is 2. The second kappa shape index (κ2) is 6.66. The lowest BCUT2D eigenvalue weighted by Gasteiger charge is -2.04. The van der Waals surface area contributed by atoms with E-state index in [0.717, 1.165) is 11.1 Å². The van der Waals surface area contributed by atoms with Crippen LogP contribution in [0.5, 0.6) is 0 Å². The molecule has 3 heteroatoms. The standard InChI is InChI=1S/C17H19N3/c1-13-7-6-10-15(12-11-13)17(19-2)20-16(18)14-8-4-3-5-9-14/h3-13H,1-2H3,(H2,18,19,20). The Morgan fingerprint density at radius 1 is 1.15 bits per heavy atom. The molecule has 0 aromatic heterocycles. The summed E-state index contributed by atoms with van der Waals surface area (Å²) in [5.41, 5.74) is 7.91. The first kappa shape index (κ1) is 14.0. The Morgan fingerprint density at radius 2 is 1.90 bits per heavy atom. The van der Waals surface area contributed by atoms with E-state index in [2.05, 4.69) is 29.1 Å². The summed E-state index contributed by atoms with van der Waals surface area (Å²) in [7, 11) is 1.73. The number of hydrogen-bond acceptors (Lipinski definition) is 1. The van der Waals surface area contributed by atoms with E-state index in [9.17, 15) is 0 Å². The van der Waals surface area contributed by atoms with Crippen molar-refractivity contribution in [2.24, 2.45) is 21.6 Å². The van der Waals surface area contributed by atoms with Gasteiger partial charge in [0.2, 0.25) is 0 Å². The lowest BCUT2D eigenvalue weighted by atomic mass is 10.1. The lowest BCUT2D eigenvalue weighted by molar-refractivity contribution is 0.942. The summed E-state index contributed by atoms with van der Waals surface area (Å²) in [5.74, 6) is 1.53. The van der Waals surface area contributed by atoms with Gasteiger partial charge in [0.1, 0.15) is 5.84 Å². The molecular formula is C17H19N3. The second-order valence-electron chi connectivity index (χ2n) is 4.64. The maximum Gasteiger partial charge on any atom is 0.156 e. The van der Waals surface area contributed by atoms with E-state index in [-0.39, 0.29) is 0 Å².